The number of aliphatic carboxylic acids is 2. The molecule has 1 aromatic rings. The van der Waals surface area contributed by atoms with E-state index in [4.69, 9.17) is 34.4 Å². The smallest absolute Gasteiger partial charge is 0.326 e. The van der Waals surface area contributed by atoms with Crippen LogP contribution in [0.25, 0.3) is 0 Å². The van der Waals surface area contributed by atoms with Gasteiger partial charge in [-0.2, -0.15) is 0 Å². The van der Waals surface area contributed by atoms with Crippen LogP contribution in [0.4, 0.5) is 0 Å². The lowest BCUT2D eigenvalue weighted by molar-refractivity contribution is -0.143. The number of nitrogens with one attached hydrogen (secondary N) is 9. The van der Waals surface area contributed by atoms with Crippen LogP contribution < -0.4 is 82.3 Å². The van der Waals surface area contributed by atoms with Gasteiger partial charge in [0.15, 0.2) is 5.96 Å². The number of guanidine groups is 1. The minimum Gasteiger partial charge on any atom is -0.508 e. The zero-order valence-corrected chi connectivity index (χ0v) is 50.2. The fourth-order valence-corrected chi connectivity index (χ4v) is 8.40. The monoisotopic (exact) mass is 1250 g/mol. The molecule has 0 saturated heterocycles. The van der Waals surface area contributed by atoms with Crippen molar-refractivity contribution in [2.75, 3.05) is 13.1 Å². The number of primary amides is 2. The molecule has 494 valence electrons. The van der Waals surface area contributed by atoms with Gasteiger partial charge in [-0.15, -0.1) is 0 Å². The average Bonchev–Trinajstić information content (AvgIpc) is 3.53. The molecule has 0 aliphatic heterocycles. The van der Waals surface area contributed by atoms with Crippen LogP contribution in [0.3, 0.4) is 0 Å². The van der Waals surface area contributed by atoms with Crippen molar-refractivity contribution in [2.45, 2.75) is 191 Å². The van der Waals surface area contributed by atoms with Crippen LogP contribution in [-0.4, -0.2) is 194 Å². The number of hydrogen-bond acceptors (Lipinski definition) is 19. The molecule has 0 spiro atoms. The third kappa shape index (κ3) is 29.6. The number of nitrogens with two attached hydrogens (primary N) is 6. The lowest BCUT2D eigenvalue weighted by Gasteiger charge is -2.29. The van der Waals surface area contributed by atoms with E-state index in [1.165, 1.54) is 38.1 Å². The fraction of sp³-hybridized carbons (Fsp3) is 0.630. The van der Waals surface area contributed by atoms with Crippen molar-refractivity contribution in [3.05, 3.63) is 29.8 Å². The number of aliphatic hydroxyl groups excluding tert-OH is 2. The van der Waals surface area contributed by atoms with Crippen molar-refractivity contribution >= 4 is 82.9 Å². The van der Waals surface area contributed by atoms with Gasteiger partial charge in [0, 0.05) is 25.8 Å². The third-order valence-electron chi connectivity index (χ3n) is 13.2. The van der Waals surface area contributed by atoms with Gasteiger partial charge in [0.05, 0.1) is 24.7 Å². The minimum absolute atomic E-state index is 0.0872. The van der Waals surface area contributed by atoms with E-state index in [9.17, 15) is 87.9 Å². The number of aliphatic hydroxyl groups is 2. The van der Waals surface area contributed by atoms with Crippen molar-refractivity contribution in [3.8, 4) is 5.75 Å². The average molecular weight is 1250 g/mol. The second-order valence-electron chi connectivity index (χ2n) is 21.8. The molecule has 0 saturated carbocycles. The highest BCUT2D eigenvalue weighted by molar-refractivity contribution is 6.00. The van der Waals surface area contributed by atoms with Crippen LogP contribution in [0, 0.1) is 11.8 Å². The first-order valence-electron chi connectivity index (χ1n) is 28.5. The number of phenolic OH excluding ortho intramolecular Hbond substituents is 1. The Morgan fingerprint density at radius 1 is 0.489 bits per heavy atom. The highest BCUT2D eigenvalue weighted by Gasteiger charge is 2.38. The first-order valence-corrected chi connectivity index (χ1v) is 28.5. The van der Waals surface area contributed by atoms with Gasteiger partial charge in [0.1, 0.15) is 60.1 Å². The van der Waals surface area contributed by atoms with Gasteiger partial charge in [-0.25, -0.2) is 4.79 Å². The Kier molecular flexibility index (Phi) is 34.3. The molecule has 34 nitrogen and oxygen atoms in total. The second-order valence-corrected chi connectivity index (χ2v) is 21.8. The van der Waals surface area contributed by atoms with Crippen molar-refractivity contribution in [1.82, 2.24) is 47.9 Å². The molecule has 11 amide bonds. The van der Waals surface area contributed by atoms with Crippen molar-refractivity contribution in [2.24, 2.45) is 51.2 Å². The van der Waals surface area contributed by atoms with Crippen LogP contribution in [0.15, 0.2) is 29.3 Å². The fourth-order valence-electron chi connectivity index (χ4n) is 8.40. The number of phenols is 1. The first-order chi connectivity index (χ1) is 41.1. The summed E-state index contributed by atoms with van der Waals surface area (Å²) in [5.41, 5.74) is 33.7. The number of hydrogen-bond donors (Lipinski definition) is 20. The van der Waals surface area contributed by atoms with E-state index in [1.807, 2.05) is 0 Å². The Balaban J connectivity index is 3.57. The Morgan fingerprint density at radius 3 is 1.38 bits per heavy atom. The van der Waals surface area contributed by atoms with E-state index in [0.717, 1.165) is 13.8 Å². The Bertz CT molecular complexity index is 2580. The summed E-state index contributed by atoms with van der Waals surface area (Å²) in [7, 11) is 0. The number of aromatic hydroxyl groups is 1. The Labute approximate surface area is 508 Å². The Hall–Kier alpha value is -8.76. The number of nitrogens with zero attached hydrogens (tertiary/aromatic N) is 1. The summed E-state index contributed by atoms with van der Waals surface area (Å²) in [4.78, 5) is 176. The molecule has 0 aliphatic carbocycles. The summed E-state index contributed by atoms with van der Waals surface area (Å²) in [5, 5.41) is 71.8. The quantitative estimate of drug-likeness (QED) is 0.0164. The van der Waals surface area contributed by atoms with Gasteiger partial charge in [-0.3, -0.25) is 62.5 Å². The number of carbonyl (C=O) groups excluding carboxylic acids is 11. The molecule has 0 aromatic heterocycles. The van der Waals surface area contributed by atoms with Crippen molar-refractivity contribution < 1.29 is 87.9 Å². The summed E-state index contributed by atoms with van der Waals surface area (Å²) in [6, 6.07) is -10.9. The third-order valence-corrected chi connectivity index (χ3v) is 13.2. The summed E-state index contributed by atoms with van der Waals surface area (Å²) in [6.45, 7) is 8.86. The molecule has 1 aromatic carbocycles. The second kappa shape index (κ2) is 39.1. The van der Waals surface area contributed by atoms with Gasteiger partial charge in [-0.05, 0) is 101 Å². The Morgan fingerprint density at radius 2 is 0.920 bits per heavy atom. The zero-order valence-electron chi connectivity index (χ0n) is 50.2. The minimum atomic E-state index is -2.06. The SMILES string of the molecule is CC(C)C[C@H](NC(=O)[C@H](Cc1ccc(O)cc1)NC(=O)[C@@H](N)CCCN=C(N)N)C(=O)N[C@H](C(=O)N[C@@H](CCC(N)=O)C(=O)N[C@@H](CCC(=O)O)C(=O)N[C@H](C(=O)N[C@@H](CC(N)=O)C(=O)N[C@@H](CCCCN)C(=O)N[C@H](C(=O)O)C(C)C)[C@@H](C)O)[C@@H](C)O. The van der Waals surface area contributed by atoms with E-state index in [0.29, 0.717) is 18.4 Å². The highest BCUT2D eigenvalue weighted by atomic mass is 16.4. The normalized spacial score (nSPS) is 15.2. The molecule has 34 heteroatoms. The maximum Gasteiger partial charge on any atom is 0.326 e. The number of amides is 11. The number of aliphatic imine (C=N–C) groups is 1. The number of carboxylic acids is 2. The number of rotatable bonds is 42. The van der Waals surface area contributed by atoms with Crippen molar-refractivity contribution in [1.29, 1.82) is 0 Å². The van der Waals surface area contributed by atoms with E-state index in [-0.39, 0.29) is 62.8 Å². The molecular formula is C54H90N16O18. The number of benzene rings is 1. The van der Waals surface area contributed by atoms with Gasteiger partial charge in [0.25, 0.3) is 0 Å². The van der Waals surface area contributed by atoms with Crippen LogP contribution in [0.2, 0.25) is 0 Å². The summed E-state index contributed by atoms with van der Waals surface area (Å²) < 4.78 is 0. The molecule has 0 radical (unpaired) electrons. The lowest BCUT2D eigenvalue weighted by atomic mass is 10.00. The van der Waals surface area contributed by atoms with Gasteiger partial charge in [-0.1, -0.05) is 39.8 Å². The lowest BCUT2D eigenvalue weighted by Crippen LogP contribution is -2.63. The maximum atomic E-state index is 14.1. The van der Waals surface area contributed by atoms with Crippen LogP contribution in [-0.2, 0) is 68.7 Å². The molecule has 12 atom stereocenters. The summed E-state index contributed by atoms with van der Waals surface area (Å²) in [6.07, 6.45) is -6.67. The summed E-state index contributed by atoms with van der Waals surface area (Å²) in [5.74, 6) is -16.3. The maximum absolute atomic E-state index is 14.1. The van der Waals surface area contributed by atoms with Crippen LogP contribution >= 0.6 is 0 Å². The highest BCUT2D eigenvalue weighted by Crippen LogP contribution is 2.15. The molecule has 0 bridgehead atoms. The largest absolute Gasteiger partial charge is 0.508 e. The predicted octanol–water partition coefficient (Wildman–Crippen LogP) is -6.64. The molecule has 1 rings (SSSR count). The molecule has 0 heterocycles. The van der Waals surface area contributed by atoms with E-state index in [1.54, 1.807) is 13.8 Å². The van der Waals surface area contributed by atoms with Gasteiger partial charge >= 0.3 is 11.9 Å². The molecule has 0 aliphatic rings. The first kappa shape index (κ1) is 77.3. The molecule has 0 unspecified atom stereocenters. The molecular weight excluding hydrogens is 1160 g/mol. The number of carbonyl (C=O) groups is 13. The summed E-state index contributed by atoms with van der Waals surface area (Å²) >= 11 is 0. The predicted molar refractivity (Wildman–Crippen MR) is 314 cm³/mol. The molecule has 0 fully saturated rings. The van der Waals surface area contributed by atoms with Gasteiger partial charge < -0.3 is 108 Å². The molecule has 26 N–H and O–H groups in total. The van der Waals surface area contributed by atoms with E-state index < -0.39 is 188 Å². The topological polar surface area (TPSA) is 600 Å². The molecule has 88 heavy (non-hydrogen) atoms. The standard InChI is InChI=1S/C54H90N16O18/c1-25(2)22-35(66-48(82)36(23-29-12-14-30(73)15-13-29)65-44(78)31(56)10-9-21-61-54(59)60)50(84)70-42(27(5)71)51(85)64-33(16-18-38(57)74)45(79)63-34(17-19-40(76)77)47(81)69-43(28(6)72)52(86)67-37(24-39(58)75)49(83)62-32(11-7-8-20-55)46(80)68-41(26(3)4)53(87)88/h12-15,25-28,31-37,41-43,71-73H,7-11,16-24,55-56H2,1-6H3,(H2,57,74)(H2,58,75)(H,62,83)(H,63,79)(H,64,85)(H,65,78)(H,66,82)(H,67,86)(H,68,80)(H,69,81)(H,70,84)(H,76,77)(H,87,88)(H4,59,60,61)/t27-,28-,31+,32+,33+,34+,35+,36+,37+,41+,42+,43+/m1/s1. The van der Waals surface area contributed by atoms with E-state index in [2.05, 4.69) is 52.8 Å². The number of unbranched alkanes of at least 4 members (excludes halogenated alkanes) is 1. The van der Waals surface area contributed by atoms with Crippen LogP contribution in [0.5, 0.6) is 5.75 Å². The zero-order chi connectivity index (χ0) is 67.1. The van der Waals surface area contributed by atoms with Gasteiger partial charge in [0.2, 0.25) is 65.0 Å². The van der Waals surface area contributed by atoms with Crippen LogP contribution in [0.1, 0.15) is 118 Å². The number of carboxylic acid groups (broad SMARTS) is 2. The van der Waals surface area contributed by atoms with E-state index >= 15 is 0 Å². The van der Waals surface area contributed by atoms with Crippen molar-refractivity contribution in [3.63, 3.8) is 0 Å².